The van der Waals surface area contributed by atoms with Gasteiger partial charge >= 0.3 is 0 Å². The van der Waals surface area contributed by atoms with Crippen LogP contribution in [0.25, 0.3) is 0 Å². The Morgan fingerprint density at radius 1 is 0.857 bits per heavy atom. The predicted molar refractivity (Wildman–Crippen MR) is 105 cm³/mol. The van der Waals surface area contributed by atoms with Gasteiger partial charge in [0.2, 0.25) is 5.82 Å². The monoisotopic (exact) mass is 372 g/mol. The molecule has 0 radical (unpaired) electrons. The third-order valence-corrected chi connectivity index (χ3v) is 4.62. The lowest BCUT2D eigenvalue weighted by atomic mass is 9.86. The summed E-state index contributed by atoms with van der Waals surface area (Å²) in [4.78, 5) is 0. The highest BCUT2D eigenvalue weighted by molar-refractivity contribution is 5.39. The molecule has 28 heavy (non-hydrogen) atoms. The molecule has 6 heteroatoms. The molecule has 0 aliphatic rings. The molecule has 0 amide bonds. The minimum Gasteiger partial charge on any atom is -0.508 e. The SMILES string of the molecule is Oc1ccc(C(Cc2ccccc2)c2ccc(OCc3nn[nH]n3)cc2)cc1. The molecule has 1 heterocycles. The summed E-state index contributed by atoms with van der Waals surface area (Å²) in [6, 6.07) is 25.9. The van der Waals surface area contributed by atoms with Gasteiger partial charge in [-0.2, -0.15) is 5.21 Å². The summed E-state index contributed by atoms with van der Waals surface area (Å²) in [7, 11) is 0. The van der Waals surface area contributed by atoms with Gasteiger partial charge in [0.25, 0.3) is 0 Å². The van der Waals surface area contributed by atoms with E-state index in [-0.39, 0.29) is 18.3 Å². The van der Waals surface area contributed by atoms with E-state index >= 15 is 0 Å². The zero-order valence-corrected chi connectivity index (χ0v) is 15.2. The van der Waals surface area contributed by atoms with Gasteiger partial charge < -0.3 is 9.84 Å². The average molecular weight is 372 g/mol. The van der Waals surface area contributed by atoms with Crippen molar-refractivity contribution >= 4 is 0 Å². The minimum atomic E-state index is 0.175. The highest BCUT2D eigenvalue weighted by Crippen LogP contribution is 2.31. The first-order valence-corrected chi connectivity index (χ1v) is 9.06. The second kappa shape index (κ2) is 8.35. The van der Waals surface area contributed by atoms with Gasteiger partial charge in [0.15, 0.2) is 6.61 Å². The van der Waals surface area contributed by atoms with E-state index in [1.807, 2.05) is 30.3 Å². The number of hydrogen-bond donors (Lipinski definition) is 2. The number of rotatable bonds is 7. The number of nitrogens with zero attached hydrogens (tertiary/aromatic N) is 3. The number of aromatic amines is 1. The maximum absolute atomic E-state index is 9.64. The molecule has 0 spiro atoms. The van der Waals surface area contributed by atoms with E-state index in [4.69, 9.17) is 4.74 Å². The Labute approximate surface area is 162 Å². The van der Waals surface area contributed by atoms with Crippen molar-refractivity contribution in [2.45, 2.75) is 18.9 Å². The number of benzene rings is 3. The van der Waals surface area contributed by atoms with Crippen LogP contribution >= 0.6 is 0 Å². The third kappa shape index (κ3) is 4.35. The molecule has 0 fully saturated rings. The molecule has 4 rings (SSSR count). The molecule has 3 aromatic carbocycles. The first-order chi connectivity index (χ1) is 13.8. The summed E-state index contributed by atoms with van der Waals surface area (Å²) in [5, 5.41) is 23.3. The summed E-state index contributed by atoms with van der Waals surface area (Å²) < 4.78 is 5.71. The molecule has 1 aromatic heterocycles. The lowest BCUT2D eigenvalue weighted by Gasteiger charge is -2.19. The van der Waals surface area contributed by atoms with Crippen molar-refractivity contribution in [3.63, 3.8) is 0 Å². The van der Waals surface area contributed by atoms with E-state index in [9.17, 15) is 5.11 Å². The Morgan fingerprint density at radius 3 is 2.18 bits per heavy atom. The van der Waals surface area contributed by atoms with E-state index in [0.29, 0.717) is 5.82 Å². The minimum absolute atomic E-state index is 0.175. The molecule has 2 N–H and O–H groups in total. The number of aromatic hydroxyl groups is 1. The molecule has 0 saturated carbocycles. The van der Waals surface area contributed by atoms with Crippen LogP contribution in [-0.4, -0.2) is 25.7 Å². The first-order valence-electron chi connectivity index (χ1n) is 9.06. The molecular formula is C22H20N4O2. The van der Waals surface area contributed by atoms with Gasteiger partial charge in [-0.15, -0.1) is 10.2 Å². The number of hydrogen-bond acceptors (Lipinski definition) is 5. The number of H-pyrrole nitrogens is 1. The van der Waals surface area contributed by atoms with Crippen molar-refractivity contribution in [2.75, 3.05) is 0 Å². The molecule has 6 nitrogen and oxygen atoms in total. The quantitative estimate of drug-likeness (QED) is 0.515. The van der Waals surface area contributed by atoms with Gasteiger partial charge in [-0.3, -0.25) is 0 Å². The second-order valence-corrected chi connectivity index (χ2v) is 6.52. The van der Waals surface area contributed by atoms with Crippen LogP contribution in [0.2, 0.25) is 0 Å². The molecular weight excluding hydrogens is 352 g/mol. The molecule has 0 aliphatic carbocycles. The van der Waals surface area contributed by atoms with Gasteiger partial charge in [-0.25, -0.2) is 0 Å². The van der Waals surface area contributed by atoms with Crippen molar-refractivity contribution in [1.82, 2.24) is 20.6 Å². The van der Waals surface area contributed by atoms with E-state index in [0.717, 1.165) is 17.7 Å². The van der Waals surface area contributed by atoms with Crippen LogP contribution in [0.5, 0.6) is 11.5 Å². The molecule has 1 unspecified atom stereocenters. The second-order valence-electron chi connectivity index (χ2n) is 6.52. The van der Waals surface area contributed by atoms with Crippen LogP contribution in [0.4, 0.5) is 0 Å². The summed E-state index contributed by atoms with van der Waals surface area (Å²) in [6.07, 6.45) is 0.870. The van der Waals surface area contributed by atoms with Crippen molar-refractivity contribution in [2.24, 2.45) is 0 Å². The standard InChI is InChI=1S/C22H20N4O2/c27-19-10-6-17(7-11-19)21(14-16-4-2-1-3-5-16)18-8-12-20(13-9-18)28-15-22-23-25-26-24-22/h1-13,21,27H,14-15H2,(H,23,24,25,26). The van der Waals surface area contributed by atoms with Crippen molar-refractivity contribution in [1.29, 1.82) is 0 Å². The van der Waals surface area contributed by atoms with E-state index in [2.05, 4.69) is 57.0 Å². The summed E-state index contributed by atoms with van der Waals surface area (Å²) >= 11 is 0. The topological polar surface area (TPSA) is 83.9 Å². The molecule has 4 aromatic rings. The Kier molecular flexibility index (Phi) is 5.29. The van der Waals surface area contributed by atoms with Gasteiger partial charge in [-0.05, 0) is 47.4 Å². The third-order valence-electron chi connectivity index (χ3n) is 4.62. The Morgan fingerprint density at radius 2 is 1.54 bits per heavy atom. The van der Waals surface area contributed by atoms with Crippen molar-refractivity contribution in [3.8, 4) is 11.5 Å². The Balaban J connectivity index is 1.55. The molecule has 140 valence electrons. The number of tetrazole rings is 1. The normalized spacial score (nSPS) is 11.9. The van der Waals surface area contributed by atoms with Crippen LogP contribution < -0.4 is 4.74 Å². The molecule has 0 bridgehead atoms. The fourth-order valence-electron chi connectivity index (χ4n) is 3.17. The van der Waals surface area contributed by atoms with Crippen LogP contribution in [-0.2, 0) is 13.0 Å². The Bertz CT molecular complexity index is 985. The number of phenolic OH excluding ortho intramolecular Hbond substituents is 1. The number of aromatic nitrogens is 4. The van der Waals surface area contributed by atoms with Crippen LogP contribution in [0.3, 0.4) is 0 Å². The summed E-state index contributed by atoms with van der Waals surface area (Å²) in [6.45, 7) is 0.265. The number of nitrogens with one attached hydrogen (secondary N) is 1. The fraction of sp³-hybridized carbons (Fsp3) is 0.136. The van der Waals surface area contributed by atoms with E-state index in [1.54, 1.807) is 12.1 Å². The van der Waals surface area contributed by atoms with Crippen molar-refractivity contribution in [3.05, 3.63) is 101 Å². The van der Waals surface area contributed by atoms with Gasteiger partial charge in [0, 0.05) is 5.92 Å². The average Bonchev–Trinajstić information content (AvgIpc) is 3.26. The van der Waals surface area contributed by atoms with Crippen LogP contribution in [0.15, 0.2) is 78.9 Å². The van der Waals surface area contributed by atoms with E-state index in [1.165, 1.54) is 11.1 Å². The molecule has 0 saturated heterocycles. The first kappa shape index (κ1) is 17.7. The van der Waals surface area contributed by atoms with Gasteiger partial charge in [0.05, 0.1) is 0 Å². The highest BCUT2D eigenvalue weighted by atomic mass is 16.5. The lowest BCUT2D eigenvalue weighted by Crippen LogP contribution is -2.05. The van der Waals surface area contributed by atoms with Gasteiger partial charge in [0.1, 0.15) is 11.5 Å². The van der Waals surface area contributed by atoms with Gasteiger partial charge in [-0.1, -0.05) is 59.8 Å². The van der Waals surface area contributed by atoms with Crippen molar-refractivity contribution < 1.29 is 9.84 Å². The highest BCUT2D eigenvalue weighted by Gasteiger charge is 2.15. The lowest BCUT2D eigenvalue weighted by molar-refractivity contribution is 0.296. The maximum atomic E-state index is 9.64. The largest absolute Gasteiger partial charge is 0.508 e. The van der Waals surface area contributed by atoms with E-state index < -0.39 is 0 Å². The number of ether oxygens (including phenoxy) is 1. The summed E-state index contributed by atoms with van der Waals surface area (Å²) in [5.74, 6) is 1.70. The maximum Gasteiger partial charge on any atom is 0.211 e. The predicted octanol–water partition coefficient (Wildman–Crippen LogP) is 3.86. The zero-order chi connectivity index (χ0) is 19.2. The van der Waals surface area contributed by atoms with Crippen LogP contribution in [0, 0.1) is 0 Å². The molecule has 0 aliphatic heterocycles. The Hall–Kier alpha value is -3.67. The number of phenols is 1. The fourth-order valence-corrected chi connectivity index (χ4v) is 3.17. The zero-order valence-electron chi connectivity index (χ0n) is 15.2. The smallest absolute Gasteiger partial charge is 0.211 e. The summed E-state index contributed by atoms with van der Waals surface area (Å²) in [5.41, 5.74) is 3.60. The molecule has 1 atom stereocenters. The van der Waals surface area contributed by atoms with Crippen LogP contribution in [0.1, 0.15) is 28.4 Å².